The Balaban J connectivity index is 2.05. The first kappa shape index (κ1) is 17.0. The normalized spacial score (nSPS) is 10.5. The van der Waals surface area contributed by atoms with Gasteiger partial charge in [0.25, 0.3) is 5.69 Å². The van der Waals surface area contributed by atoms with Crippen molar-refractivity contribution in [3.05, 3.63) is 69.8 Å². The van der Waals surface area contributed by atoms with Gasteiger partial charge in [-0.15, -0.1) is 0 Å². The molecule has 23 heavy (non-hydrogen) atoms. The van der Waals surface area contributed by atoms with E-state index in [1.54, 1.807) is 12.1 Å². The summed E-state index contributed by atoms with van der Waals surface area (Å²) in [5.41, 5.74) is 3.71. The van der Waals surface area contributed by atoms with Gasteiger partial charge in [-0.1, -0.05) is 38.1 Å². The SMILES string of the molecule is CCCN(CCC)c1ccc(Cc2ccc([N+](=O)[O-])cc2)cc1. The van der Waals surface area contributed by atoms with Gasteiger partial charge >= 0.3 is 0 Å². The first-order valence-electron chi connectivity index (χ1n) is 8.21. The average Bonchev–Trinajstić information content (AvgIpc) is 2.56. The van der Waals surface area contributed by atoms with Gasteiger partial charge in [0.15, 0.2) is 0 Å². The second kappa shape index (κ2) is 8.32. The van der Waals surface area contributed by atoms with E-state index in [9.17, 15) is 10.1 Å². The maximum absolute atomic E-state index is 10.7. The highest BCUT2D eigenvalue weighted by Crippen LogP contribution is 2.19. The fraction of sp³-hybridized carbons (Fsp3) is 0.368. The number of benzene rings is 2. The largest absolute Gasteiger partial charge is 0.372 e. The van der Waals surface area contributed by atoms with Crippen molar-refractivity contribution in [2.24, 2.45) is 0 Å². The third-order valence-electron chi connectivity index (χ3n) is 3.84. The Bertz CT molecular complexity index is 615. The Hall–Kier alpha value is -2.36. The van der Waals surface area contributed by atoms with Crippen LogP contribution in [0.15, 0.2) is 48.5 Å². The summed E-state index contributed by atoms with van der Waals surface area (Å²) >= 11 is 0. The van der Waals surface area contributed by atoms with Crippen LogP contribution in [-0.2, 0) is 6.42 Å². The lowest BCUT2D eigenvalue weighted by Gasteiger charge is -2.24. The summed E-state index contributed by atoms with van der Waals surface area (Å²) in [4.78, 5) is 12.7. The second-order valence-electron chi connectivity index (χ2n) is 5.75. The van der Waals surface area contributed by atoms with Crippen LogP contribution >= 0.6 is 0 Å². The molecule has 0 aliphatic heterocycles. The van der Waals surface area contributed by atoms with Crippen LogP contribution in [0.3, 0.4) is 0 Å². The molecule has 4 nitrogen and oxygen atoms in total. The standard InChI is InChI=1S/C19H24N2O2/c1-3-13-20(14-4-2)18-9-5-16(6-10-18)15-17-7-11-19(12-8-17)21(22)23/h5-12H,3-4,13-15H2,1-2H3. The molecule has 0 radical (unpaired) electrons. The molecule has 0 saturated carbocycles. The van der Waals surface area contributed by atoms with Crippen molar-refractivity contribution in [2.75, 3.05) is 18.0 Å². The predicted octanol–water partition coefficient (Wildman–Crippen LogP) is 4.81. The third kappa shape index (κ3) is 4.81. The quantitative estimate of drug-likeness (QED) is 0.519. The van der Waals surface area contributed by atoms with Crippen LogP contribution < -0.4 is 4.90 Å². The predicted molar refractivity (Wildman–Crippen MR) is 95.1 cm³/mol. The van der Waals surface area contributed by atoms with E-state index in [1.807, 2.05) is 12.1 Å². The molecule has 0 fully saturated rings. The molecule has 4 heteroatoms. The molecule has 0 atom stereocenters. The van der Waals surface area contributed by atoms with Crippen molar-refractivity contribution in [2.45, 2.75) is 33.1 Å². The number of non-ortho nitro benzene ring substituents is 1. The van der Waals surface area contributed by atoms with Crippen LogP contribution in [0.25, 0.3) is 0 Å². The van der Waals surface area contributed by atoms with E-state index >= 15 is 0 Å². The molecule has 0 aromatic heterocycles. The summed E-state index contributed by atoms with van der Waals surface area (Å²) in [6.45, 7) is 6.56. The molecular formula is C19H24N2O2. The molecule has 2 aromatic rings. The summed E-state index contributed by atoms with van der Waals surface area (Å²) < 4.78 is 0. The van der Waals surface area contributed by atoms with Crippen LogP contribution in [0.1, 0.15) is 37.8 Å². The molecule has 0 aliphatic rings. The lowest BCUT2D eigenvalue weighted by atomic mass is 10.0. The lowest BCUT2D eigenvalue weighted by Crippen LogP contribution is -2.24. The number of rotatable bonds is 8. The molecule has 0 heterocycles. The fourth-order valence-electron chi connectivity index (χ4n) is 2.71. The Morgan fingerprint density at radius 1 is 0.870 bits per heavy atom. The zero-order valence-corrected chi connectivity index (χ0v) is 13.9. The minimum Gasteiger partial charge on any atom is -0.372 e. The van der Waals surface area contributed by atoms with Crippen molar-refractivity contribution in [3.63, 3.8) is 0 Å². The zero-order valence-electron chi connectivity index (χ0n) is 13.9. The Morgan fingerprint density at radius 3 is 1.78 bits per heavy atom. The Labute approximate surface area is 137 Å². The lowest BCUT2D eigenvalue weighted by molar-refractivity contribution is -0.384. The van der Waals surface area contributed by atoms with Gasteiger partial charge in [0.2, 0.25) is 0 Å². The molecular weight excluding hydrogens is 288 g/mol. The van der Waals surface area contributed by atoms with Crippen molar-refractivity contribution < 1.29 is 4.92 Å². The molecule has 0 saturated heterocycles. The van der Waals surface area contributed by atoms with Crippen molar-refractivity contribution in [1.82, 2.24) is 0 Å². The smallest absolute Gasteiger partial charge is 0.269 e. The van der Waals surface area contributed by atoms with E-state index in [1.165, 1.54) is 11.3 Å². The number of anilines is 1. The monoisotopic (exact) mass is 312 g/mol. The van der Waals surface area contributed by atoms with Gasteiger partial charge in [-0.2, -0.15) is 0 Å². The van der Waals surface area contributed by atoms with Crippen LogP contribution in [-0.4, -0.2) is 18.0 Å². The number of nitro groups is 1. The summed E-state index contributed by atoms with van der Waals surface area (Å²) in [7, 11) is 0. The summed E-state index contributed by atoms with van der Waals surface area (Å²) in [6, 6.07) is 15.4. The summed E-state index contributed by atoms with van der Waals surface area (Å²) in [6.07, 6.45) is 3.08. The number of nitro benzene ring substituents is 1. The van der Waals surface area contributed by atoms with E-state index in [2.05, 4.69) is 43.0 Å². The van der Waals surface area contributed by atoms with Crippen molar-refractivity contribution in [1.29, 1.82) is 0 Å². The van der Waals surface area contributed by atoms with E-state index in [0.29, 0.717) is 0 Å². The first-order valence-corrected chi connectivity index (χ1v) is 8.21. The fourth-order valence-corrected chi connectivity index (χ4v) is 2.71. The van der Waals surface area contributed by atoms with E-state index < -0.39 is 0 Å². The Morgan fingerprint density at radius 2 is 1.35 bits per heavy atom. The molecule has 0 aliphatic carbocycles. The molecule has 2 aromatic carbocycles. The maximum Gasteiger partial charge on any atom is 0.269 e. The molecule has 2 rings (SSSR count). The number of nitrogens with zero attached hydrogens (tertiary/aromatic N) is 2. The van der Waals surface area contributed by atoms with Crippen molar-refractivity contribution >= 4 is 11.4 Å². The van der Waals surface area contributed by atoms with Gasteiger partial charge < -0.3 is 4.90 Å². The van der Waals surface area contributed by atoms with E-state index in [4.69, 9.17) is 0 Å². The molecule has 0 unspecified atom stereocenters. The van der Waals surface area contributed by atoms with E-state index in [0.717, 1.165) is 37.9 Å². The van der Waals surface area contributed by atoms with Crippen LogP contribution in [0.5, 0.6) is 0 Å². The van der Waals surface area contributed by atoms with E-state index in [-0.39, 0.29) is 10.6 Å². The van der Waals surface area contributed by atoms with Gasteiger partial charge in [0.1, 0.15) is 0 Å². The minimum absolute atomic E-state index is 0.138. The molecule has 122 valence electrons. The minimum atomic E-state index is -0.366. The molecule has 0 amide bonds. The van der Waals surface area contributed by atoms with Gasteiger partial charge in [0.05, 0.1) is 4.92 Å². The van der Waals surface area contributed by atoms with Gasteiger partial charge in [0, 0.05) is 30.9 Å². The number of hydrogen-bond donors (Lipinski definition) is 0. The molecule has 0 bridgehead atoms. The zero-order chi connectivity index (χ0) is 16.7. The first-order chi connectivity index (χ1) is 11.1. The second-order valence-corrected chi connectivity index (χ2v) is 5.75. The van der Waals surface area contributed by atoms with Crippen LogP contribution in [0.2, 0.25) is 0 Å². The van der Waals surface area contributed by atoms with Crippen LogP contribution in [0, 0.1) is 10.1 Å². The average molecular weight is 312 g/mol. The van der Waals surface area contributed by atoms with Crippen molar-refractivity contribution in [3.8, 4) is 0 Å². The maximum atomic E-state index is 10.7. The molecule has 0 spiro atoms. The molecule has 0 N–H and O–H groups in total. The van der Waals surface area contributed by atoms with Gasteiger partial charge in [-0.05, 0) is 42.5 Å². The van der Waals surface area contributed by atoms with Crippen LogP contribution in [0.4, 0.5) is 11.4 Å². The number of hydrogen-bond acceptors (Lipinski definition) is 3. The summed E-state index contributed by atoms with van der Waals surface area (Å²) in [5.74, 6) is 0. The van der Waals surface area contributed by atoms with Gasteiger partial charge in [-0.3, -0.25) is 10.1 Å². The van der Waals surface area contributed by atoms with Gasteiger partial charge in [-0.25, -0.2) is 0 Å². The highest BCUT2D eigenvalue weighted by molar-refractivity contribution is 5.48. The third-order valence-corrected chi connectivity index (χ3v) is 3.84. The topological polar surface area (TPSA) is 46.4 Å². The highest BCUT2D eigenvalue weighted by atomic mass is 16.6. The Kier molecular flexibility index (Phi) is 6.15. The highest BCUT2D eigenvalue weighted by Gasteiger charge is 2.06. The summed E-state index contributed by atoms with van der Waals surface area (Å²) in [5, 5.41) is 10.7.